The molecule has 0 saturated carbocycles. The van der Waals surface area contributed by atoms with E-state index < -0.39 is 0 Å². The quantitative estimate of drug-likeness (QED) is 0.435. The maximum absolute atomic E-state index is 13.6. The van der Waals surface area contributed by atoms with Crippen molar-refractivity contribution in [2.75, 3.05) is 12.8 Å². The summed E-state index contributed by atoms with van der Waals surface area (Å²) in [4.78, 5) is 25.8. The number of aryl methyl sites for hydroxylation is 1. The Kier molecular flexibility index (Phi) is 4.97. The minimum Gasteiger partial charge on any atom is -0.381 e. The Balaban J connectivity index is 1.87. The van der Waals surface area contributed by atoms with Crippen molar-refractivity contribution in [3.05, 3.63) is 78.0 Å². The van der Waals surface area contributed by atoms with Crippen molar-refractivity contribution in [3.8, 4) is 22.5 Å². The monoisotopic (exact) mass is 440 g/mol. The number of pyridine rings is 1. The van der Waals surface area contributed by atoms with Gasteiger partial charge in [-0.25, -0.2) is 14.4 Å². The summed E-state index contributed by atoms with van der Waals surface area (Å²) in [6.45, 7) is 2.10. The predicted octanol–water partition coefficient (Wildman–Crippen LogP) is 4.25. The van der Waals surface area contributed by atoms with Crippen molar-refractivity contribution in [2.45, 2.75) is 13.3 Å². The zero-order chi connectivity index (χ0) is 23.1. The molecule has 0 aliphatic heterocycles. The van der Waals surface area contributed by atoms with Gasteiger partial charge in [0, 0.05) is 36.0 Å². The zero-order valence-electron chi connectivity index (χ0n) is 18.1. The van der Waals surface area contributed by atoms with Gasteiger partial charge in [0.05, 0.1) is 16.9 Å². The summed E-state index contributed by atoms with van der Waals surface area (Å²) >= 11 is 0. The van der Waals surface area contributed by atoms with Crippen molar-refractivity contribution in [3.63, 3.8) is 0 Å². The molecule has 7 nitrogen and oxygen atoms in total. The molecule has 0 atom stereocenters. The van der Waals surface area contributed by atoms with Crippen LogP contribution in [0.1, 0.15) is 23.0 Å². The topological polar surface area (TPSA) is 98.2 Å². The second-order valence-corrected chi connectivity index (χ2v) is 7.66. The van der Waals surface area contributed by atoms with Crippen LogP contribution in [0.5, 0.6) is 0 Å². The number of nitrogen functional groups attached to an aromatic ring is 1. The van der Waals surface area contributed by atoms with Gasteiger partial charge >= 0.3 is 0 Å². The highest BCUT2D eigenvalue weighted by atomic mass is 19.1. The number of carbonyl (C=O) groups excluding carboxylic acids is 1. The average molecular weight is 440 g/mol. The fraction of sp³-hybridized carbons (Fsp3) is 0.120. The molecule has 3 N–H and O–H groups in total. The summed E-state index contributed by atoms with van der Waals surface area (Å²) in [6, 6.07) is 14.0. The number of hydrogen-bond donors (Lipinski definition) is 2. The van der Waals surface area contributed by atoms with Crippen molar-refractivity contribution < 1.29 is 9.18 Å². The van der Waals surface area contributed by atoms with Gasteiger partial charge < -0.3 is 11.1 Å². The molecule has 5 rings (SSSR count). The Hall–Kier alpha value is -4.33. The first-order valence-corrected chi connectivity index (χ1v) is 10.5. The van der Waals surface area contributed by atoms with Crippen LogP contribution >= 0.6 is 0 Å². The number of benzene rings is 2. The normalized spacial score (nSPS) is 11.2. The van der Waals surface area contributed by atoms with Crippen molar-refractivity contribution in [1.29, 1.82) is 0 Å². The van der Waals surface area contributed by atoms with Crippen LogP contribution in [0.2, 0.25) is 0 Å². The molecular formula is C25H21FN6O. The molecule has 0 unspecified atom stereocenters. The predicted molar refractivity (Wildman–Crippen MR) is 126 cm³/mol. The summed E-state index contributed by atoms with van der Waals surface area (Å²) < 4.78 is 15.4. The van der Waals surface area contributed by atoms with E-state index in [2.05, 4.69) is 33.3 Å². The molecule has 0 bridgehead atoms. The van der Waals surface area contributed by atoms with Gasteiger partial charge in [0.1, 0.15) is 11.5 Å². The largest absolute Gasteiger partial charge is 0.381 e. The lowest BCUT2D eigenvalue weighted by atomic mass is 9.99. The minimum atomic E-state index is -0.344. The zero-order valence-corrected chi connectivity index (χ0v) is 18.1. The number of aromatic nitrogens is 4. The first-order valence-electron chi connectivity index (χ1n) is 10.5. The molecule has 0 spiro atoms. The molecule has 3 aromatic heterocycles. The molecule has 1 amide bonds. The Morgan fingerprint density at radius 3 is 2.58 bits per heavy atom. The van der Waals surface area contributed by atoms with E-state index in [1.165, 1.54) is 17.7 Å². The maximum atomic E-state index is 13.6. The van der Waals surface area contributed by atoms with Crippen LogP contribution in [-0.2, 0) is 6.42 Å². The molecule has 0 radical (unpaired) electrons. The number of carbonyl (C=O) groups is 1. The van der Waals surface area contributed by atoms with E-state index in [4.69, 9.17) is 5.73 Å². The number of hydrogen-bond acceptors (Lipinski definition) is 5. The van der Waals surface area contributed by atoms with Crippen LogP contribution in [-0.4, -0.2) is 32.3 Å². The van der Waals surface area contributed by atoms with Gasteiger partial charge in [-0.2, -0.15) is 0 Å². The number of fused-ring (bicyclic) bond motifs is 2. The molecule has 164 valence electrons. The smallest absolute Gasteiger partial charge is 0.271 e. The van der Waals surface area contributed by atoms with E-state index in [9.17, 15) is 9.18 Å². The maximum Gasteiger partial charge on any atom is 0.271 e. The lowest BCUT2D eigenvalue weighted by Gasteiger charge is -2.15. The molecule has 2 aromatic carbocycles. The van der Waals surface area contributed by atoms with Gasteiger partial charge in [0.25, 0.3) is 5.91 Å². The molecule has 0 aliphatic carbocycles. The first-order chi connectivity index (χ1) is 16.0. The Bertz CT molecular complexity index is 1520. The lowest BCUT2D eigenvalue weighted by Crippen LogP contribution is -2.17. The highest BCUT2D eigenvalue weighted by molar-refractivity contribution is 5.95. The third kappa shape index (κ3) is 3.45. The molecule has 0 aliphatic rings. The van der Waals surface area contributed by atoms with E-state index in [0.29, 0.717) is 22.6 Å². The van der Waals surface area contributed by atoms with Crippen molar-refractivity contribution in [2.24, 2.45) is 0 Å². The van der Waals surface area contributed by atoms with Gasteiger partial charge in [-0.3, -0.25) is 14.2 Å². The SMILES string of the molecule is CCc1ccnc2ccc(-c3c(-c4ccc(F)cc4)nc(N)c4nc(C(=O)NC)cn34)cc12. The van der Waals surface area contributed by atoms with Crippen LogP contribution in [0, 0.1) is 5.82 Å². The number of nitrogens with zero attached hydrogens (tertiary/aromatic N) is 4. The van der Waals surface area contributed by atoms with Gasteiger partial charge in [0.2, 0.25) is 0 Å². The van der Waals surface area contributed by atoms with Crippen LogP contribution in [0.15, 0.2) is 60.9 Å². The van der Waals surface area contributed by atoms with Crippen molar-refractivity contribution >= 4 is 28.3 Å². The molecule has 33 heavy (non-hydrogen) atoms. The number of nitrogens with two attached hydrogens (primary N) is 1. The number of anilines is 1. The van der Waals surface area contributed by atoms with Crippen LogP contribution in [0.25, 0.3) is 39.1 Å². The van der Waals surface area contributed by atoms with E-state index >= 15 is 0 Å². The molecular weight excluding hydrogens is 419 g/mol. The number of halogens is 1. The molecule has 5 aromatic rings. The summed E-state index contributed by atoms with van der Waals surface area (Å²) in [5.74, 6) is -0.503. The van der Waals surface area contributed by atoms with Crippen molar-refractivity contribution in [1.82, 2.24) is 24.7 Å². The molecule has 3 heterocycles. The van der Waals surface area contributed by atoms with E-state index in [1.807, 2.05) is 18.2 Å². The first kappa shape index (κ1) is 20.6. The molecule has 0 saturated heterocycles. The fourth-order valence-electron chi connectivity index (χ4n) is 4.05. The van der Waals surface area contributed by atoms with Crippen LogP contribution in [0.3, 0.4) is 0 Å². The van der Waals surface area contributed by atoms with Gasteiger partial charge in [-0.05, 0) is 54.4 Å². The number of rotatable bonds is 4. The second-order valence-electron chi connectivity index (χ2n) is 7.66. The Morgan fingerprint density at radius 1 is 1.09 bits per heavy atom. The second kappa shape index (κ2) is 7.98. The Labute approximate surface area is 189 Å². The van der Waals surface area contributed by atoms with Gasteiger partial charge in [0.15, 0.2) is 11.5 Å². The summed E-state index contributed by atoms with van der Waals surface area (Å²) in [5.41, 5.74) is 11.7. The molecule has 0 fully saturated rings. The number of nitrogens with one attached hydrogen (secondary N) is 1. The Morgan fingerprint density at radius 2 is 1.85 bits per heavy atom. The third-order valence-corrected chi connectivity index (χ3v) is 5.70. The minimum absolute atomic E-state index is 0.171. The molecule has 8 heteroatoms. The summed E-state index contributed by atoms with van der Waals surface area (Å²) in [5, 5.41) is 3.61. The fourth-order valence-corrected chi connectivity index (χ4v) is 4.05. The summed E-state index contributed by atoms with van der Waals surface area (Å²) in [6.07, 6.45) is 4.30. The number of imidazole rings is 1. The summed E-state index contributed by atoms with van der Waals surface area (Å²) in [7, 11) is 1.54. The van der Waals surface area contributed by atoms with Gasteiger partial charge in [-0.15, -0.1) is 0 Å². The third-order valence-electron chi connectivity index (χ3n) is 5.70. The standard InChI is InChI=1S/C25H21FN6O/c1-3-14-10-11-29-19-9-6-16(12-18(14)19)22-21(15-4-7-17(26)8-5-15)31-23(27)24-30-20(13-32(22)24)25(33)28-2/h4-13H,3H2,1-2H3,(H2,27,31)(H,28,33). The van der Waals surface area contributed by atoms with Gasteiger partial charge in [-0.1, -0.05) is 13.0 Å². The van der Waals surface area contributed by atoms with E-state index in [0.717, 1.165) is 22.9 Å². The van der Waals surface area contributed by atoms with E-state index in [-0.39, 0.29) is 23.2 Å². The van der Waals surface area contributed by atoms with E-state index in [1.54, 1.807) is 36.0 Å². The highest BCUT2D eigenvalue weighted by Crippen LogP contribution is 2.35. The number of amides is 1. The van der Waals surface area contributed by atoms with Crippen LogP contribution in [0.4, 0.5) is 10.2 Å². The lowest BCUT2D eigenvalue weighted by molar-refractivity contribution is 0.0959. The van der Waals surface area contributed by atoms with Crippen LogP contribution < -0.4 is 11.1 Å². The highest BCUT2D eigenvalue weighted by Gasteiger charge is 2.21. The average Bonchev–Trinajstić information content (AvgIpc) is 3.29.